The summed E-state index contributed by atoms with van der Waals surface area (Å²) in [5.74, 6) is -0.00317. The Kier molecular flexibility index (Phi) is 7.04. The van der Waals surface area contributed by atoms with E-state index in [-0.39, 0.29) is 54.9 Å². The molecule has 0 radical (unpaired) electrons. The Bertz CT molecular complexity index is 1730. The normalized spacial score (nSPS) is 20.2. The van der Waals surface area contributed by atoms with Gasteiger partial charge in [-0.15, -0.1) is 0 Å². The van der Waals surface area contributed by atoms with Crippen LogP contribution in [0.2, 0.25) is 0 Å². The molecule has 1 unspecified atom stereocenters. The zero-order valence-corrected chi connectivity index (χ0v) is 23.0. The third-order valence-electron chi connectivity index (χ3n) is 7.32. The van der Waals surface area contributed by atoms with E-state index >= 15 is 0 Å². The van der Waals surface area contributed by atoms with Gasteiger partial charge in [-0.2, -0.15) is 13.2 Å². The van der Waals surface area contributed by atoms with E-state index in [1.54, 1.807) is 28.5 Å². The van der Waals surface area contributed by atoms with Crippen LogP contribution in [0.15, 0.2) is 48.9 Å². The van der Waals surface area contributed by atoms with Crippen LogP contribution in [0.5, 0.6) is 5.75 Å². The number of aromatic nitrogens is 4. The van der Waals surface area contributed by atoms with Crippen molar-refractivity contribution >= 4 is 29.2 Å². The highest BCUT2D eigenvalue weighted by atomic mass is 19.4. The molecule has 5 heterocycles. The van der Waals surface area contributed by atoms with Crippen LogP contribution < -0.4 is 15.8 Å². The van der Waals surface area contributed by atoms with E-state index in [9.17, 15) is 22.8 Å². The number of nitrogens with one attached hydrogen (secondary N) is 1. The maximum absolute atomic E-state index is 13.1. The van der Waals surface area contributed by atoms with Gasteiger partial charge in [-0.25, -0.2) is 19.7 Å². The molecule has 15 heteroatoms. The molecule has 3 N–H and O–H groups in total. The van der Waals surface area contributed by atoms with Gasteiger partial charge < -0.3 is 25.3 Å². The van der Waals surface area contributed by atoms with Crippen molar-refractivity contribution in [3.8, 4) is 17.0 Å². The monoisotopic (exact) mass is 597 g/mol. The Morgan fingerprint density at radius 3 is 2.79 bits per heavy atom. The van der Waals surface area contributed by atoms with E-state index in [1.165, 1.54) is 18.3 Å². The molecule has 0 saturated carbocycles. The van der Waals surface area contributed by atoms with Gasteiger partial charge in [0.1, 0.15) is 46.6 Å². The third kappa shape index (κ3) is 5.16. The highest BCUT2D eigenvalue weighted by Gasteiger charge is 2.45. The summed E-state index contributed by atoms with van der Waals surface area (Å²) < 4.78 is 58.4. The molecular weight excluding hydrogens is 571 g/mol. The maximum Gasteiger partial charge on any atom is 0.416 e. The van der Waals surface area contributed by atoms with E-state index in [2.05, 4.69) is 15.3 Å². The zero-order valence-electron chi connectivity index (χ0n) is 23.0. The molecule has 0 spiro atoms. The van der Waals surface area contributed by atoms with Crippen LogP contribution in [0.1, 0.15) is 41.7 Å². The molecule has 2 amide bonds. The first kappa shape index (κ1) is 28.2. The van der Waals surface area contributed by atoms with Gasteiger partial charge in [0, 0.05) is 29.7 Å². The molecular formula is C28H26F3N7O5. The van der Waals surface area contributed by atoms with E-state index in [4.69, 9.17) is 24.9 Å². The molecule has 0 aliphatic carbocycles. The third-order valence-corrected chi connectivity index (χ3v) is 7.32. The highest BCUT2D eigenvalue weighted by molar-refractivity contribution is 6.04. The van der Waals surface area contributed by atoms with Gasteiger partial charge in [0.25, 0.3) is 5.91 Å². The van der Waals surface area contributed by atoms with Crippen molar-refractivity contribution < 1.29 is 37.0 Å². The molecule has 2 aliphatic rings. The van der Waals surface area contributed by atoms with Gasteiger partial charge in [0.2, 0.25) is 0 Å². The first-order chi connectivity index (χ1) is 20.5. The molecule has 0 bridgehead atoms. The quantitative estimate of drug-likeness (QED) is 0.332. The number of rotatable bonds is 6. The van der Waals surface area contributed by atoms with Crippen LogP contribution in [-0.4, -0.2) is 68.2 Å². The van der Waals surface area contributed by atoms with E-state index in [1.807, 2.05) is 6.92 Å². The van der Waals surface area contributed by atoms with Gasteiger partial charge in [-0.3, -0.25) is 14.1 Å². The summed E-state index contributed by atoms with van der Waals surface area (Å²) in [4.78, 5) is 39.9. The van der Waals surface area contributed by atoms with Crippen LogP contribution in [0.4, 0.5) is 29.6 Å². The molecule has 2 fully saturated rings. The molecule has 12 nitrogen and oxygen atoms in total. The number of nitrogens with two attached hydrogens (primary N) is 1. The number of hydrogen-bond acceptors (Lipinski definition) is 9. The van der Waals surface area contributed by atoms with Crippen LogP contribution in [0.3, 0.4) is 0 Å². The molecule has 6 rings (SSSR count). The van der Waals surface area contributed by atoms with Crippen molar-refractivity contribution in [1.82, 2.24) is 24.3 Å². The van der Waals surface area contributed by atoms with Gasteiger partial charge in [0.05, 0.1) is 31.4 Å². The molecule has 43 heavy (non-hydrogen) atoms. The first-order valence-corrected chi connectivity index (χ1v) is 13.4. The molecule has 224 valence electrons. The smallest absolute Gasteiger partial charge is 0.416 e. The number of fused-ring (bicyclic) bond motifs is 2. The second kappa shape index (κ2) is 10.7. The largest absolute Gasteiger partial charge is 0.493 e. The molecule has 3 atom stereocenters. The summed E-state index contributed by atoms with van der Waals surface area (Å²) in [5.41, 5.74) is 6.83. The SMILES string of the molecule is CCOc1cc(C(=O)Nc2cc(C(F)(F)F)ccn2)ccc1-c1nc([C@H]2CN3C(=O)OC(C)[C@@H]3CO2)n2ccnc(N)c12. The lowest BCUT2D eigenvalue weighted by Crippen LogP contribution is -2.47. The minimum atomic E-state index is -4.59. The van der Waals surface area contributed by atoms with Crippen molar-refractivity contribution in [3.05, 3.63) is 65.9 Å². The van der Waals surface area contributed by atoms with Crippen molar-refractivity contribution in [1.29, 1.82) is 0 Å². The van der Waals surface area contributed by atoms with Crippen LogP contribution in [-0.2, 0) is 15.7 Å². The Labute approximate surface area is 242 Å². The first-order valence-electron chi connectivity index (χ1n) is 13.4. The van der Waals surface area contributed by atoms with Gasteiger partial charge >= 0.3 is 12.3 Å². The minimum Gasteiger partial charge on any atom is -0.493 e. The van der Waals surface area contributed by atoms with E-state index < -0.39 is 29.8 Å². The summed E-state index contributed by atoms with van der Waals surface area (Å²) in [6.45, 7) is 4.30. The topological polar surface area (TPSA) is 146 Å². The number of anilines is 2. The number of carbonyl (C=O) groups excluding carboxylic acids is 2. The number of hydrogen-bond donors (Lipinski definition) is 2. The number of morpholine rings is 1. The van der Waals surface area contributed by atoms with E-state index in [0.717, 1.165) is 18.3 Å². The standard InChI is InChI=1S/C28H26F3N7O5/c1-3-41-19-10-15(26(39)35-21-11-16(6-7-33-21)28(29,30)31)4-5-17(19)22-23-24(32)34-8-9-37(23)25(36-22)20-12-38-18(13-42-20)14(2)43-27(38)40/h4-11,14,18,20H,3,12-13H2,1-2H3,(H2,32,34)(H,33,35,39)/t14?,18-,20+/m0/s1. The number of carbonyl (C=O) groups is 2. The Balaban J connectivity index is 1.35. The van der Waals surface area contributed by atoms with E-state index in [0.29, 0.717) is 22.6 Å². The Morgan fingerprint density at radius 1 is 1.21 bits per heavy atom. The highest BCUT2D eigenvalue weighted by Crippen LogP contribution is 2.39. The predicted octanol–water partition coefficient (Wildman–Crippen LogP) is 4.32. The maximum atomic E-state index is 13.1. The summed E-state index contributed by atoms with van der Waals surface area (Å²) >= 11 is 0. The van der Waals surface area contributed by atoms with Crippen molar-refractivity contribution in [2.45, 2.75) is 38.3 Å². The summed E-state index contributed by atoms with van der Waals surface area (Å²) in [5, 5.41) is 2.40. The number of benzene rings is 1. The number of pyridine rings is 1. The molecule has 4 aromatic rings. The van der Waals surface area contributed by atoms with Crippen LogP contribution in [0, 0.1) is 0 Å². The van der Waals surface area contributed by atoms with Gasteiger partial charge in [-0.05, 0) is 44.2 Å². The van der Waals surface area contributed by atoms with Crippen LogP contribution >= 0.6 is 0 Å². The fourth-order valence-electron chi connectivity index (χ4n) is 5.23. The lowest BCUT2D eigenvalue weighted by Gasteiger charge is -2.33. The average Bonchev–Trinajstić information content (AvgIpc) is 3.50. The lowest BCUT2D eigenvalue weighted by molar-refractivity contribution is -0.137. The summed E-state index contributed by atoms with van der Waals surface area (Å²) in [6, 6.07) is 5.92. The Hall–Kier alpha value is -4.92. The number of alkyl halides is 3. The second-order valence-electron chi connectivity index (χ2n) is 10.0. The molecule has 2 aliphatic heterocycles. The molecule has 2 saturated heterocycles. The van der Waals surface area contributed by atoms with Crippen molar-refractivity contribution in [2.75, 3.05) is 30.8 Å². The fraction of sp³-hybridized carbons (Fsp3) is 0.321. The number of imidazole rings is 1. The van der Waals surface area contributed by atoms with Gasteiger partial charge in [-0.1, -0.05) is 0 Å². The molecule has 1 aromatic carbocycles. The zero-order chi connectivity index (χ0) is 30.5. The van der Waals surface area contributed by atoms with Gasteiger partial charge in [0.15, 0.2) is 0 Å². The average molecular weight is 598 g/mol. The lowest BCUT2D eigenvalue weighted by atomic mass is 10.1. The second-order valence-corrected chi connectivity index (χ2v) is 10.0. The number of nitrogen functional groups attached to an aromatic ring is 1. The van der Waals surface area contributed by atoms with Crippen LogP contribution in [0.25, 0.3) is 16.8 Å². The van der Waals surface area contributed by atoms with Crippen molar-refractivity contribution in [3.63, 3.8) is 0 Å². The number of cyclic esters (lactones) is 1. The number of ether oxygens (including phenoxy) is 3. The predicted molar refractivity (Wildman–Crippen MR) is 146 cm³/mol. The summed E-state index contributed by atoms with van der Waals surface area (Å²) in [6.07, 6.45) is -1.73. The number of halogens is 3. The number of amides is 2. The molecule has 3 aromatic heterocycles. The minimum absolute atomic E-state index is 0.115. The number of nitrogens with zero attached hydrogens (tertiary/aromatic N) is 5. The Morgan fingerprint density at radius 2 is 2.02 bits per heavy atom. The van der Waals surface area contributed by atoms with Crippen molar-refractivity contribution in [2.24, 2.45) is 0 Å². The summed E-state index contributed by atoms with van der Waals surface area (Å²) in [7, 11) is 0. The fourth-order valence-corrected chi connectivity index (χ4v) is 5.23.